The largest absolute Gasteiger partial charge is 0.495 e. The first-order valence-corrected chi connectivity index (χ1v) is 11.0. The van der Waals surface area contributed by atoms with Crippen molar-refractivity contribution >= 4 is 62.5 Å². The van der Waals surface area contributed by atoms with Gasteiger partial charge < -0.3 is 14.5 Å². The lowest BCUT2D eigenvalue weighted by Gasteiger charge is -2.14. The minimum absolute atomic E-state index is 0.107. The molecule has 32 heavy (non-hydrogen) atoms. The van der Waals surface area contributed by atoms with Crippen LogP contribution in [0.25, 0.3) is 22.1 Å². The number of hydrogen-bond acceptors (Lipinski definition) is 5. The molecular formula is C24H17IN2O4S. The van der Waals surface area contributed by atoms with Gasteiger partial charge in [-0.15, -0.1) is 0 Å². The summed E-state index contributed by atoms with van der Waals surface area (Å²) in [6.07, 6.45) is 0. The molecule has 2 N–H and O–H groups in total. The van der Waals surface area contributed by atoms with Crippen molar-refractivity contribution in [3.05, 3.63) is 92.4 Å². The van der Waals surface area contributed by atoms with Crippen molar-refractivity contribution < 1.29 is 13.9 Å². The molecule has 0 aliphatic heterocycles. The monoisotopic (exact) mass is 556 g/mol. The molecule has 0 saturated carbocycles. The van der Waals surface area contributed by atoms with Gasteiger partial charge in [-0.3, -0.25) is 10.1 Å². The summed E-state index contributed by atoms with van der Waals surface area (Å²) >= 11 is 7.42. The fraction of sp³-hybridized carbons (Fsp3) is 0.0417. The number of halogens is 1. The van der Waals surface area contributed by atoms with Crippen molar-refractivity contribution in [3.63, 3.8) is 0 Å². The van der Waals surface area contributed by atoms with Crippen molar-refractivity contribution in [2.75, 3.05) is 12.4 Å². The van der Waals surface area contributed by atoms with Gasteiger partial charge in [0.05, 0.1) is 23.9 Å². The van der Waals surface area contributed by atoms with Gasteiger partial charge in [0.25, 0.3) is 5.91 Å². The number of benzene rings is 3. The standard InChI is InChI=1S/C24H17IN2O4S/c1-30-21-11-10-14(17-12-15-6-2-5-9-20(15)31-23(17)29)13-19(21)26-24(32)27-22(28)16-7-3-4-8-18(16)25/h2-13H,1H3,(H2,26,27,28,32). The predicted molar refractivity (Wildman–Crippen MR) is 137 cm³/mol. The number of hydrogen-bond donors (Lipinski definition) is 2. The number of nitrogens with one attached hydrogen (secondary N) is 2. The lowest BCUT2D eigenvalue weighted by atomic mass is 10.0. The molecule has 3 aromatic carbocycles. The number of fused-ring (bicyclic) bond motifs is 1. The quantitative estimate of drug-likeness (QED) is 0.205. The molecule has 1 aromatic heterocycles. The van der Waals surface area contributed by atoms with Gasteiger partial charge >= 0.3 is 5.63 Å². The van der Waals surface area contributed by atoms with Crippen molar-refractivity contribution in [1.82, 2.24) is 5.32 Å². The zero-order valence-corrected chi connectivity index (χ0v) is 19.8. The maximum Gasteiger partial charge on any atom is 0.344 e. The van der Waals surface area contributed by atoms with Crippen LogP contribution in [0.1, 0.15) is 10.4 Å². The maximum atomic E-state index is 12.6. The third-order valence-electron chi connectivity index (χ3n) is 4.75. The molecule has 1 heterocycles. The minimum atomic E-state index is -0.450. The fourth-order valence-corrected chi connectivity index (χ4v) is 4.04. The summed E-state index contributed by atoms with van der Waals surface area (Å²) in [7, 11) is 1.53. The van der Waals surface area contributed by atoms with E-state index in [9.17, 15) is 9.59 Å². The molecule has 0 atom stereocenters. The second-order valence-corrected chi connectivity index (χ2v) is 8.36. The summed E-state index contributed by atoms with van der Waals surface area (Å²) in [4.78, 5) is 25.1. The molecular weight excluding hydrogens is 539 g/mol. The van der Waals surface area contributed by atoms with E-state index in [1.54, 1.807) is 42.5 Å². The summed E-state index contributed by atoms with van der Waals surface area (Å²) in [6, 6.07) is 21.5. The fourth-order valence-electron chi connectivity index (χ4n) is 3.21. The number of anilines is 1. The van der Waals surface area contributed by atoms with Crippen LogP contribution in [0.5, 0.6) is 5.75 Å². The number of para-hydroxylation sites is 1. The first kappa shape index (κ1) is 22.0. The van der Waals surface area contributed by atoms with Gasteiger partial charge in [0.15, 0.2) is 5.11 Å². The van der Waals surface area contributed by atoms with Crippen molar-refractivity contribution in [3.8, 4) is 16.9 Å². The van der Waals surface area contributed by atoms with E-state index in [0.29, 0.717) is 33.7 Å². The molecule has 6 nitrogen and oxygen atoms in total. The van der Waals surface area contributed by atoms with Crippen LogP contribution in [0.15, 0.2) is 82.0 Å². The number of carbonyl (C=O) groups excluding carboxylic acids is 1. The van der Waals surface area contributed by atoms with E-state index < -0.39 is 5.63 Å². The van der Waals surface area contributed by atoms with Crippen LogP contribution in [0, 0.1) is 3.57 Å². The summed E-state index contributed by atoms with van der Waals surface area (Å²) < 4.78 is 11.7. The highest BCUT2D eigenvalue weighted by Crippen LogP contribution is 2.30. The Labute approximate surface area is 202 Å². The van der Waals surface area contributed by atoms with Crippen LogP contribution in [-0.4, -0.2) is 18.1 Å². The van der Waals surface area contributed by atoms with Crippen LogP contribution in [0.4, 0.5) is 5.69 Å². The Balaban J connectivity index is 1.62. The van der Waals surface area contributed by atoms with Crippen molar-refractivity contribution in [2.45, 2.75) is 0 Å². The Bertz CT molecular complexity index is 1400. The number of carbonyl (C=O) groups is 1. The number of methoxy groups -OCH3 is 1. The highest BCUT2D eigenvalue weighted by molar-refractivity contribution is 14.1. The molecule has 0 aliphatic rings. The van der Waals surface area contributed by atoms with Gasteiger partial charge in [-0.05, 0) is 76.8 Å². The van der Waals surface area contributed by atoms with E-state index in [4.69, 9.17) is 21.4 Å². The molecule has 4 rings (SSSR count). The van der Waals surface area contributed by atoms with E-state index in [0.717, 1.165) is 8.96 Å². The average Bonchev–Trinajstić information content (AvgIpc) is 2.78. The average molecular weight is 556 g/mol. The molecule has 0 aliphatic carbocycles. The molecule has 1 amide bonds. The van der Waals surface area contributed by atoms with Gasteiger partial charge in [0, 0.05) is 8.96 Å². The third kappa shape index (κ3) is 4.66. The molecule has 0 saturated heterocycles. The lowest BCUT2D eigenvalue weighted by molar-refractivity contribution is 0.0977. The van der Waals surface area contributed by atoms with E-state index >= 15 is 0 Å². The topological polar surface area (TPSA) is 80.6 Å². The second kappa shape index (κ2) is 9.49. The van der Waals surface area contributed by atoms with Gasteiger partial charge in [0.1, 0.15) is 11.3 Å². The molecule has 0 fully saturated rings. The van der Waals surface area contributed by atoms with Crippen LogP contribution in [0.2, 0.25) is 0 Å². The van der Waals surface area contributed by atoms with Gasteiger partial charge in [-0.25, -0.2) is 4.79 Å². The molecule has 4 aromatic rings. The summed E-state index contributed by atoms with van der Waals surface area (Å²) in [5, 5.41) is 6.58. The molecule has 0 bridgehead atoms. The molecule has 0 spiro atoms. The van der Waals surface area contributed by atoms with Crippen LogP contribution in [0.3, 0.4) is 0 Å². The Morgan fingerprint density at radius 3 is 2.56 bits per heavy atom. The van der Waals surface area contributed by atoms with E-state index in [-0.39, 0.29) is 11.0 Å². The summed E-state index contributed by atoms with van der Waals surface area (Å²) in [5.41, 5.74) is 2.13. The van der Waals surface area contributed by atoms with Crippen molar-refractivity contribution in [1.29, 1.82) is 0 Å². The molecule has 0 radical (unpaired) electrons. The highest BCUT2D eigenvalue weighted by Gasteiger charge is 2.14. The predicted octanol–water partition coefficient (Wildman–Crippen LogP) is 5.20. The maximum absolute atomic E-state index is 12.6. The lowest BCUT2D eigenvalue weighted by Crippen LogP contribution is -2.34. The van der Waals surface area contributed by atoms with E-state index in [1.165, 1.54) is 7.11 Å². The van der Waals surface area contributed by atoms with Crippen LogP contribution in [-0.2, 0) is 0 Å². The first-order chi connectivity index (χ1) is 15.5. The molecule has 8 heteroatoms. The Morgan fingerprint density at radius 2 is 1.78 bits per heavy atom. The Morgan fingerprint density at radius 1 is 1.03 bits per heavy atom. The zero-order valence-electron chi connectivity index (χ0n) is 16.8. The van der Waals surface area contributed by atoms with Crippen LogP contribution < -0.4 is 21.0 Å². The smallest absolute Gasteiger partial charge is 0.344 e. The third-order valence-corrected chi connectivity index (χ3v) is 5.89. The SMILES string of the molecule is COc1ccc(-c2cc3ccccc3oc2=O)cc1NC(=S)NC(=O)c1ccccc1I. The zero-order chi connectivity index (χ0) is 22.7. The van der Waals surface area contributed by atoms with Gasteiger partial charge in [-0.1, -0.05) is 36.4 Å². The van der Waals surface area contributed by atoms with Gasteiger partial charge in [0.2, 0.25) is 0 Å². The van der Waals surface area contributed by atoms with Crippen molar-refractivity contribution in [2.24, 2.45) is 0 Å². The number of rotatable bonds is 4. The van der Waals surface area contributed by atoms with Gasteiger partial charge in [-0.2, -0.15) is 0 Å². The van der Waals surface area contributed by atoms with Crippen LogP contribution >= 0.6 is 34.8 Å². The molecule has 0 unspecified atom stereocenters. The number of amides is 1. The summed E-state index contributed by atoms with van der Waals surface area (Å²) in [5.74, 6) is 0.183. The Hall–Kier alpha value is -3.24. The van der Waals surface area contributed by atoms with E-state index in [2.05, 4.69) is 33.2 Å². The number of ether oxygens (including phenoxy) is 1. The first-order valence-electron chi connectivity index (χ1n) is 9.54. The molecule has 160 valence electrons. The Kier molecular flexibility index (Phi) is 6.52. The normalized spacial score (nSPS) is 10.6. The minimum Gasteiger partial charge on any atom is -0.495 e. The second-order valence-electron chi connectivity index (χ2n) is 6.79. The highest BCUT2D eigenvalue weighted by atomic mass is 127. The summed E-state index contributed by atoms with van der Waals surface area (Å²) in [6.45, 7) is 0. The number of thiocarbonyl (C=S) groups is 1. The van der Waals surface area contributed by atoms with E-state index in [1.807, 2.05) is 30.3 Å².